The van der Waals surface area contributed by atoms with Gasteiger partial charge in [0.2, 0.25) is 5.43 Å². The number of carboxylic acid groups (broad SMARTS) is 1. The van der Waals surface area contributed by atoms with E-state index in [1.54, 1.807) is 30.3 Å². The molecule has 3 aromatic carbocycles. The van der Waals surface area contributed by atoms with Gasteiger partial charge in [0.05, 0.1) is 26.6 Å². The molecule has 4 aromatic rings. The zero-order chi connectivity index (χ0) is 22.8. The molecule has 4 rings (SSSR count). The summed E-state index contributed by atoms with van der Waals surface area (Å²) in [6, 6.07) is 17.9. The third-order valence-electron chi connectivity index (χ3n) is 5.31. The van der Waals surface area contributed by atoms with Crippen LogP contribution in [0.4, 0.5) is 0 Å². The van der Waals surface area contributed by atoms with Crippen LogP contribution in [0.1, 0.15) is 35.1 Å². The molecule has 0 spiro atoms. The first kappa shape index (κ1) is 22.1. The SMILES string of the molecule is CCCc1nc2cc(Cl)c(=O)c(Cl)cc2n1Cc1ccc(-c2ccccc2C(=O)O)cc1. The number of halogens is 2. The third-order valence-corrected chi connectivity index (χ3v) is 5.87. The van der Waals surface area contributed by atoms with E-state index < -0.39 is 11.4 Å². The topological polar surface area (TPSA) is 72.2 Å². The van der Waals surface area contributed by atoms with Crippen LogP contribution in [0.25, 0.3) is 22.2 Å². The average molecular weight is 467 g/mol. The summed E-state index contributed by atoms with van der Waals surface area (Å²) in [5, 5.41) is 9.56. The van der Waals surface area contributed by atoms with Gasteiger partial charge in [0.25, 0.3) is 0 Å². The summed E-state index contributed by atoms with van der Waals surface area (Å²) in [6.45, 7) is 2.60. The maximum absolute atomic E-state index is 12.2. The van der Waals surface area contributed by atoms with E-state index in [9.17, 15) is 14.7 Å². The predicted octanol–water partition coefficient (Wildman–Crippen LogP) is 6.07. The molecule has 0 unspecified atom stereocenters. The summed E-state index contributed by atoms with van der Waals surface area (Å²) in [4.78, 5) is 28.4. The van der Waals surface area contributed by atoms with E-state index in [1.165, 1.54) is 0 Å². The minimum Gasteiger partial charge on any atom is -0.478 e. The Morgan fingerprint density at radius 2 is 1.72 bits per heavy atom. The smallest absolute Gasteiger partial charge is 0.336 e. The van der Waals surface area contributed by atoms with Crippen LogP contribution >= 0.6 is 23.2 Å². The number of carboxylic acids is 1. The van der Waals surface area contributed by atoms with Gasteiger partial charge in [0.1, 0.15) is 5.82 Å². The number of aromatic carboxylic acids is 1. The monoisotopic (exact) mass is 466 g/mol. The first-order valence-electron chi connectivity index (χ1n) is 10.2. The summed E-state index contributed by atoms with van der Waals surface area (Å²) in [5.41, 5.74) is 3.71. The van der Waals surface area contributed by atoms with Gasteiger partial charge >= 0.3 is 5.97 Å². The van der Waals surface area contributed by atoms with Crippen LogP contribution < -0.4 is 5.43 Å². The minimum atomic E-state index is -0.958. The number of aromatic nitrogens is 2. The number of imidazole rings is 1. The quantitative estimate of drug-likeness (QED) is 0.374. The van der Waals surface area contributed by atoms with Crippen molar-refractivity contribution in [3.8, 4) is 11.1 Å². The van der Waals surface area contributed by atoms with Crippen LogP contribution in [0.5, 0.6) is 0 Å². The summed E-state index contributed by atoms with van der Waals surface area (Å²) >= 11 is 12.3. The van der Waals surface area contributed by atoms with Crippen molar-refractivity contribution in [1.29, 1.82) is 0 Å². The average Bonchev–Trinajstić information content (AvgIpc) is 3.04. The minimum absolute atomic E-state index is 0.0409. The lowest BCUT2D eigenvalue weighted by atomic mass is 9.99. The molecule has 1 heterocycles. The molecular formula is C25H20Cl2N2O3. The third kappa shape index (κ3) is 4.27. The van der Waals surface area contributed by atoms with Gasteiger partial charge in [-0.2, -0.15) is 0 Å². The maximum Gasteiger partial charge on any atom is 0.336 e. The summed E-state index contributed by atoms with van der Waals surface area (Å²) in [5.74, 6) is -0.0755. The zero-order valence-corrected chi connectivity index (χ0v) is 18.8. The normalized spacial score (nSPS) is 11.1. The van der Waals surface area contributed by atoms with Crippen molar-refractivity contribution in [2.24, 2.45) is 0 Å². The second-order valence-electron chi connectivity index (χ2n) is 7.50. The van der Waals surface area contributed by atoms with Crippen molar-refractivity contribution in [1.82, 2.24) is 9.55 Å². The number of nitrogens with zero attached hydrogens (tertiary/aromatic N) is 2. The summed E-state index contributed by atoms with van der Waals surface area (Å²) < 4.78 is 2.04. The number of rotatable bonds is 6. The van der Waals surface area contributed by atoms with Gasteiger partial charge in [-0.1, -0.05) is 72.6 Å². The van der Waals surface area contributed by atoms with Crippen LogP contribution in [-0.4, -0.2) is 20.6 Å². The van der Waals surface area contributed by atoms with E-state index in [0.29, 0.717) is 17.6 Å². The number of hydrogen-bond acceptors (Lipinski definition) is 3. The van der Waals surface area contributed by atoms with Gasteiger partial charge in [-0.15, -0.1) is 0 Å². The maximum atomic E-state index is 12.2. The molecule has 162 valence electrons. The highest BCUT2D eigenvalue weighted by molar-refractivity contribution is 6.34. The molecule has 0 bridgehead atoms. The Morgan fingerprint density at radius 1 is 1.03 bits per heavy atom. The van der Waals surface area contributed by atoms with Crippen LogP contribution in [-0.2, 0) is 13.0 Å². The molecule has 0 radical (unpaired) electrons. The van der Waals surface area contributed by atoms with Crippen molar-refractivity contribution in [2.45, 2.75) is 26.3 Å². The highest BCUT2D eigenvalue weighted by atomic mass is 35.5. The first-order valence-corrected chi connectivity index (χ1v) is 10.9. The van der Waals surface area contributed by atoms with Crippen molar-refractivity contribution >= 4 is 40.2 Å². The van der Waals surface area contributed by atoms with E-state index in [2.05, 4.69) is 6.92 Å². The number of fused-ring (bicyclic) bond motifs is 1. The molecule has 0 aliphatic rings. The molecule has 0 saturated heterocycles. The van der Waals surface area contributed by atoms with Gasteiger partial charge in [-0.05, 0) is 41.3 Å². The highest BCUT2D eigenvalue weighted by Crippen LogP contribution is 2.26. The van der Waals surface area contributed by atoms with E-state index in [-0.39, 0.29) is 15.6 Å². The number of aryl methyl sites for hydroxylation is 1. The van der Waals surface area contributed by atoms with E-state index >= 15 is 0 Å². The Bertz CT molecular complexity index is 1380. The fraction of sp³-hybridized carbons (Fsp3) is 0.160. The molecule has 5 nitrogen and oxygen atoms in total. The molecule has 1 N–H and O–H groups in total. The predicted molar refractivity (Wildman–Crippen MR) is 128 cm³/mol. The standard InChI is InChI=1S/C25H20Cl2N2O3/c1-2-5-23-28-21-12-19(26)24(30)20(27)13-22(21)29(23)14-15-8-10-16(11-9-15)17-6-3-4-7-18(17)25(31)32/h3-4,6-13H,2,5,14H2,1H3,(H,31,32). The van der Waals surface area contributed by atoms with E-state index in [0.717, 1.165) is 35.3 Å². The molecule has 0 amide bonds. The zero-order valence-electron chi connectivity index (χ0n) is 17.3. The Balaban J connectivity index is 1.76. The molecule has 0 fully saturated rings. The Morgan fingerprint density at radius 3 is 2.41 bits per heavy atom. The van der Waals surface area contributed by atoms with Crippen LogP contribution in [0, 0.1) is 0 Å². The van der Waals surface area contributed by atoms with E-state index in [4.69, 9.17) is 28.2 Å². The number of benzene rings is 2. The van der Waals surface area contributed by atoms with Gasteiger partial charge in [0, 0.05) is 13.0 Å². The molecule has 0 aliphatic carbocycles. The van der Waals surface area contributed by atoms with Crippen LogP contribution in [0.15, 0.2) is 65.5 Å². The Labute approximate surface area is 194 Å². The van der Waals surface area contributed by atoms with Crippen LogP contribution in [0.3, 0.4) is 0 Å². The largest absolute Gasteiger partial charge is 0.478 e. The second-order valence-corrected chi connectivity index (χ2v) is 8.31. The Kier molecular flexibility index (Phi) is 6.31. The fourth-order valence-corrected chi connectivity index (χ4v) is 4.22. The van der Waals surface area contributed by atoms with Gasteiger partial charge in [-0.25, -0.2) is 9.78 Å². The fourth-order valence-electron chi connectivity index (χ4n) is 3.76. The number of hydrogen-bond donors (Lipinski definition) is 1. The second kappa shape index (κ2) is 9.15. The first-order chi connectivity index (χ1) is 15.4. The van der Waals surface area contributed by atoms with Gasteiger partial charge in [-0.3, -0.25) is 4.79 Å². The number of carbonyl (C=O) groups is 1. The van der Waals surface area contributed by atoms with Gasteiger partial charge < -0.3 is 9.67 Å². The van der Waals surface area contributed by atoms with E-state index in [1.807, 2.05) is 34.9 Å². The highest BCUT2D eigenvalue weighted by Gasteiger charge is 2.14. The summed E-state index contributed by atoms with van der Waals surface area (Å²) in [6.07, 6.45) is 1.68. The van der Waals surface area contributed by atoms with Crippen molar-refractivity contribution < 1.29 is 9.90 Å². The van der Waals surface area contributed by atoms with Crippen molar-refractivity contribution in [2.75, 3.05) is 0 Å². The molecule has 1 aromatic heterocycles. The molecule has 7 heteroatoms. The molecule has 0 aliphatic heterocycles. The van der Waals surface area contributed by atoms with Crippen molar-refractivity contribution in [3.63, 3.8) is 0 Å². The molecule has 32 heavy (non-hydrogen) atoms. The van der Waals surface area contributed by atoms with Crippen LogP contribution in [0.2, 0.25) is 10.0 Å². The lowest BCUT2D eigenvalue weighted by Crippen LogP contribution is -2.05. The molecule has 0 atom stereocenters. The molecule has 0 saturated carbocycles. The lowest BCUT2D eigenvalue weighted by Gasteiger charge is -2.11. The molecular weight excluding hydrogens is 447 g/mol. The van der Waals surface area contributed by atoms with Crippen molar-refractivity contribution in [3.05, 3.63) is 97.9 Å². The van der Waals surface area contributed by atoms with Gasteiger partial charge in [0.15, 0.2) is 0 Å². The Hall–Kier alpha value is -3.15. The summed E-state index contributed by atoms with van der Waals surface area (Å²) in [7, 11) is 0. The lowest BCUT2D eigenvalue weighted by molar-refractivity contribution is 0.0697.